The number of hydrogen-bond acceptors (Lipinski definition) is 7. The number of hydrogen-bond donors (Lipinski definition) is 5. The Morgan fingerprint density at radius 2 is 1.49 bits per heavy atom. The smallest absolute Gasteiger partial charge is 0.408 e. The maximum absolute atomic E-state index is 13.6. The number of amides is 3. The van der Waals surface area contributed by atoms with E-state index in [-0.39, 0.29) is 31.9 Å². The number of rotatable bonds is 20. The molecule has 0 aliphatic rings. The van der Waals surface area contributed by atoms with Crippen LogP contribution in [-0.4, -0.2) is 54.2 Å². The monoisotopic (exact) mass is 646 g/mol. The second-order valence-electron chi connectivity index (χ2n) is 11.3. The van der Waals surface area contributed by atoms with Gasteiger partial charge in [-0.25, -0.2) is 4.79 Å². The molecule has 252 valence electrons. The number of carbonyl (C=O) groups is 4. The van der Waals surface area contributed by atoms with Gasteiger partial charge in [0, 0.05) is 13.0 Å². The van der Waals surface area contributed by atoms with Gasteiger partial charge in [-0.2, -0.15) is 0 Å². The molecule has 0 saturated carbocycles. The Bertz CT molecular complexity index is 1420. The molecule has 6 N–H and O–H groups in total. The van der Waals surface area contributed by atoms with Gasteiger partial charge in [-0.3, -0.25) is 14.4 Å². The number of benzene rings is 3. The van der Waals surface area contributed by atoms with Crippen LogP contribution in [0.2, 0.25) is 0 Å². The quantitative estimate of drug-likeness (QED) is 0.113. The highest BCUT2D eigenvalue weighted by atomic mass is 16.5. The Kier molecular flexibility index (Phi) is 15.8. The number of carboxylic acids is 1. The molecule has 3 rings (SSSR count). The van der Waals surface area contributed by atoms with Gasteiger partial charge >= 0.3 is 12.1 Å². The van der Waals surface area contributed by atoms with E-state index in [2.05, 4.69) is 16.0 Å². The van der Waals surface area contributed by atoms with Gasteiger partial charge in [-0.15, -0.1) is 0 Å². The molecule has 3 aromatic rings. The number of unbranched alkanes of at least 4 members (excludes halogenated alkanes) is 1. The molecule has 0 saturated heterocycles. The first-order valence-corrected chi connectivity index (χ1v) is 16.0. The van der Waals surface area contributed by atoms with Gasteiger partial charge in [0.05, 0.1) is 6.61 Å². The molecule has 0 fully saturated rings. The molecule has 11 nitrogen and oxygen atoms in total. The van der Waals surface area contributed by atoms with E-state index in [4.69, 9.17) is 20.3 Å². The molecule has 11 heteroatoms. The number of aliphatic carboxylic acids is 1. The fourth-order valence-electron chi connectivity index (χ4n) is 4.80. The Morgan fingerprint density at radius 3 is 2.17 bits per heavy atom. The third-order valence-electron chi connectivity index (χ3n) is 7.54. The zero-order valence-corrected chi connectivity index (χ0v) is 26.9. The second kappa shape index (κ2) is 20.3. The summed E-state index contributed by atoms with van der Waals surface area (Å²) in [6.07, 6.45) is 1.57. The number of ether oxygens (including phenoxy) is 2. The average molecular weight is 647 g/mol. The van der Waals surface area contributed by atoms with Crippen LogP contribution in [0, 0.1) is 6.92 Å². The minimum absolute atomic E-state index is 0.0147. The zero-order chi connectivity index (χ0) is 33.9. The van der Waals surface area contributed by atoms with E-state index in [9.17, 15) is 19.2 Å². The summed E-state index contributed by atoms with van der Waals surface area (Å²) in [5, 5.41) is 17.4. The summed E-state index contributed by atoms with van der Waals surface area (Å²) in [4.78, 5) is 50.9. The molecule has 2 atom stereocenters. The predicted octanol–water partition coefficient (Wildman–Crippen LogP) is 4.40. The summed E-state index contributed by atoms with van der Waals surface area (Å²) in [6, 6.07) is 22.5. The van der Waals surface area contributed by atoms with Crippen molar-refractivity contribution < 1.29 is 33.8 Å². The average Bonchev–Trinajstić information content (AvgIpc) is 3.07. The first-order valence-electron chi connectivity index (χ1n) is 16.0. The van der Waals surface area contributed by atoms with Crippen LogP contribution in [0.3, 0.4) is 0 Å². The van der Waals surface area contributed by atoms with Gasteiger partial charge in [0.25, 0.3) is 0 Å². The maximum atomic E-state index is 13.6. The van der Waals surface area contributed by atoms with Crippen molar-refractivity contribution in [1.29, 1.82) is 0 Å². The normalized spacial score (nSPS) is 12.0. The lowest BCUT2D eigenvalue weighted by Gasteiger charge is -2.23. The summed E-state index contributed by atoms with van der Waals surface area (Å²) >= 11 is 0. The molecule has 0 aromatic heterocycles. The number of nitrogens with one attached hydrogen (secondary N) is 3. The Balaban J connectivity index is 1.70. The molecule has 3 amide bonds. The van der Waals surface area contributed by atoms with Gasteiger partial charge in [0.15, 0.2) is 0 Å². The highest BCUT2D eigenvalue weighted by Crippen LogP contribution is 2.18. The van der Waals surface area contributed by atoms with Gasteiger partial charge < -0.3 is 36.3 Å². The van der Waals surface area contributed by atoms with Gasteiger partial charge in [0.2, 0.25) is 11.8 Å². The van der Waals surface area contributed by atoms with Crippen LogP contribution in [0.15, 0.2) is 78.9 Å². The number of carboxylic acid groups (broad SMARTS) is 1. The number of alkyl carbamates (subject to hydrolysis) is 1. The third kappa shape index (κ3) is 14.0. The molecule has 3 aromatic carbocycles. The lowest BCUT2D eigenvalue weighted by Crippen LogP contribution is -2.53. The van der Waals surface area contributed by atoms with Crippen LogP contribution < -0.4 is 26.4 Å². The molecule has 0 spiro atoms. The van der Waals surface area contributed by atoms with Crippen molar-refractivity contribution in [3.05, 3.63) is 101 Å². The minimum atomic E-state index is -1.04. The molecular formula is C36H46N4O7. The topological polar surface area (TPSA) is 169 Å². The molecular weight excluding hydrogens is 600 g/mol. The van der Waals surface area contributed by atoms with Crippen molar-refractivity contribution in [3.8, 4) is 5.75 Å². The first-order chi connectivity index (χ1) is 22.7. The summed E-state index contributed by atoms with van der Waals surface area (Å²) in [5.41, 5.74) is 9.20. The van der Waals surface area contributed by atoms with Crippen molar-refractivity contribution in [3.63, 3.8) is 0 Å². The standard InChI is InChI=1S/C36H46N4O7/c1-26-17-19-30(46-22-10-21-37)23-29(26)24-38-34(43)32(20-18-27-11-4-2-5-12-27)39-35(44)31(15-8-9-16-33(41)42)40-36(45)47-25-28-13-6-3-7-14-28/h2-7,11-14,17,19,23,31-32H,8-10,15-16,18,20-22,24-25,37H2,1H3,(H,38,43)(H,39,44)(H,40,45)(H,41,42)/t31-,32-/m0/s1. The van der Waals surface area contributed by atoms with E-state index in [1.54, 1.807) is 0 Å². The second-order valence-corrected chi connectivity index (χ2v) is 11.3. The van der Waals surface area contributed by atoms with E-state index in [1.807, 2.05) is 85.8 Å². The highest BCUT2D eigenvalue weighted by molar-refractivity contribution is 5.91. The molecule has 0 aliphatic heterocycles. The van der Waals surface area contributed by atoms with Crippen molar-refractivity contribution in [2.45, 2.75) is 77.1 Å². The maximum Gasteiger partial charge on any atom is 0.408 e. The van der Waals surface area contributed by atoms with Gasteiger partial charge in [0.1, 0.15) is 24.4 Å². The summed E-state index contributed by atoms with van der Waals surface area (Å²) in [7, 11) is 0. The van der Waals surface area contributed by atoms with Crippen molar-refractivity contribution >= 4 is 23.9 Å². The van der Waals surface area contributed by atoms with Crippen LogP contribution in [0.4, 0.5) is 4.79 Å². The van der Waals surface area contributed by atoms with Crippen LogP contribution in [0.5, 0.6) is 5.75 Å². The predicted molar refractivity (Wildman–Crippen MR) is 179 cm³/mol. The van der Waals surface area contributed by atoms with Gasteiger partial charge in [-0.05, 0) is 80.0 Å². The molecule has 0 unspecified atom stereocenters. The fourth-order valence-corrected chi connectivity index (χ4v) is 4.80. The van der Waals surface area contributed by atoms with Crippen LogP contribution >= 0.6 is 0 Å². The van der Waals surface area contributed by atoms with Crippen molar-refractivity contribution in [2.24, 2.45) is 5.73 Å². The molecule has 0 radical (unpaired) electrons. The largest absolute Gasteiger partial charge is 0.494 e. The molecule has 0 aliphatic carbocycles. The van der Waals surface area contributed by atoms with Crippen molar-refractivity contribution in [1.82, 2.24) is 16.0 Å². The Labute approximate surface area is 276 Å². The third-order valence-corrected chi connectivity index (χ3v) is 7.54. The molecule has 47 heavy (non-hydrogen) atoms. The lowest BCUT2D eigenvalue weighted by molar-refractivity contribution is -0.137. The van der Waals surface area contributed by atoms with Crippen molar-refractivity contribution in [2.75, 3.05) is 13.2 Å². The van der Waals surface area contributed by atoms with E-state index in [0.29, 0.717) is 44.6 Å². The number of carbonyl (C=O) groups excluding carboxylic acids is 3. The van der Waals surface area contributed by atoms with Crippen LogP contribution in [0.25, 0.3) is 0 Å². The molecule has 0 bridgehead atoms. The summed E-state index contributed by atoms with van der Waals surface area (Å²) < 4.78 is 11.1. The summed E-state index contributed by atoms with van der Waals surface area (Å²) in [6.45, 7) is 3.19. The van der Waals surface area contributed by atoms with E-state index in [0.717, 1.165) is 28.7 Å². The van der Waals surface area contributed by atoms with Crippen LogP contribution in [0.1, 0.15) is 60.8 Å². The minimum Gasteiger partial charge on any atom is -0.494 e. The number of nitrogens with two attached hydrogens (primary N) is 1. The van der Waals surface area contributed by atoms with Crippen LogP contribution in [-0.2, 0) is 38.7 Å². The summed E-state index contributed by atoms with van der Waals surface area (Å²) in [5.74, 6) is -1.20. The fraction of sp³-hybridized carbons (Fsp3) is 0.389. The Morgan fingerprint density at radius 1 is 0.809 bits per heavy atom. The SMILES string of the molecule is Cc1ccc(OCCCN)cc1CNC(=O)[C@H](CCc1ccccc1)NC(=O)[C@H](CCCCC(=O)O)NC(=O)OCc1ccccc1. The highest BCUT2D eigenvalue weighted by Gasteiger charge is 2.27. The van der Waals surface area contributed by atoms with Gasteiger partial charge in [-0.1, -0.05) is 73.2 Å². The van der Waals surface area contributed by atoms with E-state index < -0.39 is 30.1 Å². The first kappa shape index (κ1) is 36.6. The molecule has 0 heterocycles. The van der Waals surface area contributed by atoms with E-state index >= 15 is 0 Å². The number of aryl methyl sites for hydroxylation is 2. The van der Waals surface area contributed by atoms with E-state index in [1.165, 1.54) is 0 Å². The zero-order valence-electron chi connectivity index (χ0n) is 26.9. The Hall–Kier alpha value is -4.90. The lowest BCUT2D eigenvalue weighted by atomic mass is 10.0.